The lowest BCUT2D eigenvalue weighted by Gasteiger charge is -2.25. The van der Waals surface area contributed by atoms with Gasteiger partial charge in [-0.3, -0.25) is 9.59 Å². The van der Waals surface area contributed by atoms with E-state index in [0.717, 1.165) is 30.0 Å². The van der Waals surface area contributed by atoms with E-state index < -0.39 is 0 Å². The first-order valence-corrected chi connectivity index (χ1v) is 8.22. The van der Waals surface area contributed by atoms with Crippen LogP contribution < -0.4 is 10.2 Å². The average Bonchev–Trinajstić information content (AvgIpc) is 2.48. The second kappa shape index (κ2) is 8.56. The molecular weight excluding hydrogens is 290 g/mol. The maximum atomic E-state index is 12.2. The number of aryl methyl sites for hydroxylation is 1. The number of hydrogen-bond donors (Lipinski definition) is 1. The van der Waals surface area contributed by atoms with Gasteiger partial charge in [-0.2, -0.15) is 0 Å². The molecule has 0 aliphatic rings. The van der Waals surface area contributed by atoms with Crippen LogP contribution in [0.5, 0.6) is 0 Å². The van der Waals surface area contributed by atoms with Crippen LogP contribution in [0.1, 0.15) is 40.2 Å². The van der Waals surface area contributed by atoms with Crippen LogP contribution in [-0.2, 0) is 9.59 Å². The Morgan fingerprint density at radius 2 is 1.78 bits per heavy atom. The summed E-state index contributed by atoms with van der Waals surface area (Å²) in [5, 5.41) is 2.90. The Labute approximate surface area is 139 Å². The number of hydrogen-bond acceptors (Lipinski definition) is 3. The first-order valence-electron chi connectivity index (χ1n) is 8.22. The Bertz CT molecular complexity index is 551. The second-order valence-electron chi connectivity index (χ2n) is 5.96. The average molecular weight is 319 g/mol. The quantitative estimate of drug-likeness (QED) is 0.840. The summed E-state index contributed by atoms with van der Waals surface area (Å²) in [6.07, 6.45) is 0. The van der Waals surface area contributed by atoms with Crippen LogP contribution in [0, 0.1) is 6.92 Å². The Balaban J connectivity index is 2.81. The van der Waals surface area contributed by atoms with Crippen molar-refractivity contribution < 1.29 is 9.59 Å². The van der Waals surface area contributed by atoms with Gasteiger partial charge in [-0.1, -0.05) is 0 Å². The molecule has 0 atom stereocenters. The molecule has 1 aromatic rings. The molecule has 2 amide bonds. The highest BCUT2D eigenvalue weighted by Gasteiger charge is 2.17. The third kappa shape index (κ3) is 5.27. The molecule has 128 valence electrons. The van der Waals surface area contributed by atoms with Crippen molar-refractivity contribution in [3.63, 3.8) is 0 Å². The fourth-order valence-corrected chi connectivity index (χ4v) is 2.58. The lowest BCUT2D eigenvalue weighted by molar-refractivity contribution is -0.134. The number of benzene rings is 1. The van der Waals surface area contributed by atoms with Crippen LogP contribution in [0.4, 0.5) is 11.4 Å². The monoisotopic (exact) mass is 319 g/mol. The zero-order valence-corrected chi connectivity index (χ0v) is 15.1. The molecule has 0 radical (unpaired) electrons. The number of carbonyl (C=O) groups excluding carboxylic acids is 2. The molecular formula is C18H29N3O2. The number of anilines is 2. The van der Waals surface area contributed by atoms with Gasteiger partial charge in [0.1, 0.15) is 6.54 Å². The van der Waals surface area contributed by atoms with E-state index in [2.05, 4.69) is 30.1 Å². The highest BCUT2D eigenvalue weighted by atomic mass is 16.2. The molecule has 5 nitrogen and oxygen atoms in total. The molecule has 1 rings (SSSR count). The summed E-state index contributed by atoms with van der Waals surface area (Å²) in [6, 6.07) is 6.02. The van der Waals surface area contributed by atoms with E-state index in [1.54, 1.807) is 4.90 Å². The molecule has 1 N–H and O–H groups in total. The van der Waals surface area contributed by atoms with Gasteiger partial charge in [0.2, 0.25) is 11.8 Å². The SMILES string of the molecule is CCN(CC)c1ccc(NC(=O)CN(C(C)=O)C(C)C)c(C)c1. The van der Waals surface area contributed by atoms with Crippen LogP contribution in [0.2, 0.25) is 0 Å². The molecule has 23 heavy (non-hydrogen) atoms. The van der Waals surface area contributed by atoms with Crippen molar-refractivity contribution in [1.29, 1.82) is 0 Å². The number of nitrogens with zero attached hydrogens (tertiary/aromatic N) is 2. The van der Waals surface area contributed by atoms with Gasteiger partial charge >= 0.3 is 0 Å². The minimum absolute atomic E-state index is 0.00406. The number of carbonyl (C=O) groups is 2. The van der Waals surface area contributed by atoms with Gasteiger partial charge in [-0.15, -0.1) is 0 Å². The Morgan fingerprint density at radius 1 is 1.17 bits per heavy atom. The molecule has 0 spiro atoms. The van der Waals surface area contributed by atoms with Gasteiger partial charge in [0.15, 0.2) is 0 Å². The maximum absolute atomic E-state index is 12.2. The second-order valence-corrected chi connectivity index (χ2v) is 5.96. The van der Waals surface area contributed by atoms with Gasteiger partial charge in [-0.05, 0) is 58.4 Å². The third-order valence-electron chi connectivity index (χ3n) is 3.95. The van der Waals surface area contributed by atoms with Gasteiger partial charge in [0.05, 0.1) is 0 Å². The van der Waals surface area contributed by atoms with Gasteiger partial charge in [0.25, 0.3) is 0 Å². The predicted molar refractivity (Wildman–Crippen MR) is 95.9 cm³/mol. The molecule has 0 fully saturated rings. The molecule has 0 unspecified atom stereocenters. The largest absolute Gasteiger partial charge is 0.372 e. The van der Waals surface area contributed by atoms with E-state index in [4.69, 9.17) is 0 Å². The molecule has 5 heteroatoms. The van der Waals surface area contributed by atoms with Crippen LogP contribution in [-0.4, -0.2) is 42.4 Å². The van der Waals surface area contributed by atoms with Crippen molar-refractivity contribution >= 4 is 23.2 Å². The summed E-state index contributed by atoms with van der Waals surface area (Å²) in [5.41, 5.74) is 2.96. The fourth-order valence-electron chi connectivity index (χ4n) is 2.58. The Morgan fingerprint density at radius 3 is 2.22 bits per heavy atom. The Kier molecular flexibility index (Phi) is 7.07. The fraction of sp³-hybridized carbons (Fsp3) is 0.556. The highest BCUT2D eigenvalue weighted by molar-refractivity contribution is 5.95. The zero-order chi connectivity index (χ0) is 17.6. The van der Waals surface area contributed by atoms with E-state index in [9.17, 15) is 9.59 Å². The molecule has 0 aromatic heterocycles. The molecule has 0 aliphatic heterocycles. The topological polar surface area (TPSA) is 52.7 Å². The van der Waals surface area contributed by atoms with Crippen LogP contribution in [0.25, 0.3) is 0 Å². The van der Waals surface area contributed by atoms with E-state index in [0.29, 0.717) is 0 Å². The summed E-state index contributed by atoms with van der Waals surface area (Å²) < 4.78 is 0. The van der Waals surface area contributed by atoms with Gasteiger partial charge < -0.3 is 15.1 Å². The van der Waals surface area contributed by atoms with Crippen molar-refractivity contribution in [2.24, 2.45) is 0 Å². The van der Waals surface area contributed by atoms with Crippen LogP contribution >= 0.6 is 0 Å². The summed E-state index contributed by atoms with van der Waals surface area (Å²) in [6.45, 7) is 13.5. The number of amides is 2. The van der Waals surface area contributed by atoms with Crippen LogP contribution in [0.3, 0.4) is 0 Å². The van der Waals surface area contributed by atoms with E-state index in [1.807, 2.05) is 32.9 Å². The highest BCUT2D eigenvalue weighted by Crippen LogP contribution is 2.22. The van der Waals surface area contributed by atoms with Crippen molar-refractivity contribution in [3.05, 3.63) is 23.8 Å². The van der Waals surface area contributed by atoms with Crippen molar-refractivity contribution in [1.82, 2.24) is 4.90 Å². The molecule has 0 aliphatic carbocycles. The molecule has 0 bridgehead atoms. The summed E-state index contributed by atoms with van der Waals surface area (Å²) in [4.78, 5) is 27.6. The van der Waals surface area contributed by atoms with E-state index in [-0.39, 0.29) is 24.4 Å². The summed E-state index contributed by atoms with van der Waals surface area (Å²) >= 11 is 0. The van der Waals surface area contributed by atoms with E-state index >= 15 is 0 Å². The van der Waals surface area contributed by atoms with Crippen LogP contribution in [0.15, 0.2) is 18.2 Å². The van der Waals surface area contributed by atoms with E-state index in [1.165, 1.54) is 6.92 Å². The normalized spacial score (nSPS) is 10.6. The minimum Gasteiger partial charge on any atom is -0.372 e. The lowest BCUT2D eigenvalue weighted by atomic mass is 10.1. The number of rotatable bonds is 7. The first-order chi connectivity index (χ1) is 10.8. The van der Waals surface area contributed by atoms with Gasteiger partial charge in [0, 0.05) is 37.4 Å². The molecule has 0 saturated heterocycles. The Hall–Kier alpha value is -2.04. The maximum Gasteiger partial charge on any atom is 0.244 e. The standard InChI is InChI=1S/C18H29N3O2/c1-7-20(8-2)16-9-10-17(14(5)11-16)19-18(23)12-21(13(3)4)15(6)22/h9-11,13H,7-8,12H2,1-6H3,(H,19,23). The first kappa shape index (κ1) is 19.0. The summed E-state index contributed by atoms with van der Waals surface area (Å²) in [7, 11) is 0. The van der Waals surface area contributed by atoms with Crippen molar-refractivity contribution in [2.75, 3.05) is 29.9 Å². The van der Waals surface area contributed by atoms with Crippen molar-refractivity contribution in [2.45, 2.75) is 47.6 Å². The lowest BCUT2D eigenvalue weighted by Crippen LogP contribution is -2.41. The molecule has 0 heterocycles. The predicted octanol–water partition coefficient (Wildman–Crippen LogP) is 3.04. The molecule has 1 aromatic carbocycles. The smallest absolute Gasteiger partial charge is 0.244 e. The number of nitrogens with one attached hydrogen (secondary N) is 1. The zero-order valence-electron chi connectivity index (χ0n) is 15.1. The summed E-state index contributed by atoms with van der Waals surface area (Å²) in [5.74, 6) is -0.267. The molecule has 0 saturated carbocycles. The minimum atomic E-state index is -0.174. The third-order valence-corrected chi connectivity index (χ3v) is 3.95. The van der Waals surface area contributed by atoms with Gasteiger partial charge in [-0.25, -0.2) is 0 Å². The van der Waals surface area contributed by atoms with Crippen molar-refractivity contribution in [3.8, 4) is 0 Å².